The van der Waals surface area contributed by atoms with Crippen LogP contribution >= 0.6 is 0 Å². The molecule has 4 nitrogen and oxygen atoms in total. The number of benzene rings is 1. The molecule has 0 bridgehead atoms. The predicted molar refractivity (Wildman–Crippen MR) is 83.1 cm³/mol. The van der Waals surface area contributed by atoms with Crippen LogP contribution in [-0.2, 0) is 16.4 Å². The van der Waals surface area contributed by atoms with Crippen LogP contribution in [0.15, 0.2) is 29.2 Å². The van der Waals surface area contributed by atoms with Crippen LogP contribution < -0.4 is 5.73 Å². The minimum atomic E-state index is -3.39. The van der Waals surface area contributed by atoms with Gasteiger partial charge in [-0.25, -0.2) is 8.42 Å². The van der Waals surface area contributed by atoms with Gasteiger partial charge in [-0.05, 0) is 50.4 Å². The first kappa shape index (κ1) is 17.1. The smallest absolute Gasteiger partial charge is 0.243 e. The Bertz CT molecular complexity index is 497. The fourth-order valence-corrected chi connectivity index (χ4v) is 3.53. The summed E-state index contributed by atoms with van der Waals surface area (Å²) in [6, 6.07) is 7.15. The van der Waals surface area contributed by atoms with Gasteiger partial charge in [-0.3, -0.25) is 0 Å². The Morgan fingerprint density at radius 1 is 1.25 bits per heavy atom. The first-order valence-electron chi connectivity index (χ1n) is 7.20. The lowest BCUT2D eigenvalue weighted by molar-refractivity contribution is 0.369. The standard InChI is InChI=1S/C15H26N2O2S/c1-4-6-13(2)17(3)20(18,19)15-10-8-14(9-11-15)7-5-12-16/h8-11,13H,4-7,12,16H2,1-3H3. The first-order chi connectivity index (χ1) is 9.43. The molecule has 1 aromatic rings. The maximum absolute atomic E-state index is 12.5. The average Bonchev–Trinajstić information content (AvgIpc) is 2.45. The number of nitrogens with zero attached hydrogens (tertiary/aromatic N) is 1. The maximum Gasteiger partial charge on any atom is 0.243 e. The van der Waals surface area contributed by atoms with Crippen molar-refractivity contribution >= 4 is 10.0 Å². The Hall–Kier alpha value is -0.910. The summed E-state index contributed by atoms with van der Waals surface area (Å²) >= 11 is 0. The lowest BCUT2D eigenvalue weighted by Crippen LogP contribution is -2.34. The van der Waals surface area contributed by atoms with Crippen LogP contribution in [0.4, 0.5) is 0 Å². The molecule has 0 aliphatic rings. The molecular formula is C15H26N2O2S. The van der Waals surface area contributed by atoms with Gasteiger partial charge in [0.2, 0.25) is 10.0 Å². The van der Waals surface area contributed by atoms with Crippen LogP contribution in [0.5, 0.6) is 0 Å². The van der Waals surface area contributed by atoms with Crippen molar-refractivity contribution in [2.75, 3.05) is 13.6 Å². The molecule has 0 saturated carbocycles. The summed E-state index contributed by atoms with van der Waals surface area (Å²) in [7, 11) is -1.74. The topological polar surface area (TPSA) is 63.4 Å². The molecule has 114 valence electrons. The molecule has 0 aliphatic heterocycles. The number of hydrogen-bond acceptors (Lipinski definition) is 3. The van der Waals surface area contributed by atoms with E-state index >= 15 is 0 Å². The van der Waals surface area contributed by atoms with E-state index in [0.717, 1.165) is 31.2 Å². The van der Waals surface area contributed by atoms with Gasteiger partial charge in [0.05, 0.1) is 4.90 Å². The average molecular weight is 298 g/mol. The highest BCUT2D eigenvalue weighted by Crippen LogP contribution is 2.19. The molecule has 0 spiro atoms. The van der Waals surface area contributed by atoms with Gasteiger partial charge < -0.3 is 5.73 Å². The summed E-state index contributed by atoms with van der Waals surface area (Å²) in [5.74, 6) is 0. The summed E-state index contributed by atoms with van der Waals surface area (Å²) in [5.41, 5.74) is 6.60. The molecule has 2 N–H and O–H groups in total. The molecule has 0 radical (unpaired) electrons. The number of hydrogen-bond donors (Lipinski definition) is 1. The van der Waals surface area contributed by atoms with Crippen LogP contribution in [0.1, 0.15) is 38.7 Å². The van der Waals surface area contributed by atoms with Gasteiger partial charge in [0.25, 0.3) is 0 Å². The number of rotatable bonds is 8. The van der Waals surface area contributed by atoms with Crippen LogP contribution in [0.2, 0.25) is 0 Å². The van der Waals surface area contributed by atoms with E-state index in [-0.39, 0.29) is 6.04 Å². The summed E-state index contributed by atoms with van der Waals surface area (Å²) in [5, 5.41) is 0. The zero-order valence-corrected chi connectivity index (χ0v) is 13.5. The van der Waals surface area contributed by atoms with Crippen molar-refractivity contribution in [2.24, 2.45) is 5.73 Å². The normalized spacial score (nSPS) is 13.7. The van der Waals surface area contributed by atoms with E-state index in [4.69, 9.17) is 5.73 Å². The first-order valence-corrected chi connectivity index (χ1v) is 8.64. The molecule has 0 fully saturated rings. The summed E-state index contributed by atoms with van der Waals surface area (Å²) in [6.45, 7) is 4.65. The van der Waals surface area contributed by atoms with E-state index < -0.39 is 10.0 Å². The molecule has 5 heteroatoms. The third kappa shape index (κ3) is 4.30. The second-order valence-corrected chi connectivity index (χ2v) is 7.19. The predicted octanol–water partition coefficient (Wildman–Crippen LogP) is 2.39. The molecule has 20 heavy (non-hydrogen) atoms. The van der Waals surface area contributed by atoms with Crippen LogP contribution in [0.25, 0.3) is 0 Å². The molecule has 1 atom stereocenters. The van der Waals surface area contributed by atoms with Gasteiger partial charge in [-0.1, -0.05) is 25.5 Å². The van der Waals surface area contributed by atoms with Gasteiger partial charge in [0, 0.05) is 13.1 Å². The quantitative estimate of drug-likeness (QED) is 0.801. The lowest BCUT2D eigenvalue weighted by Gasteiger charge is -2.24. The lowest BCUT2D eigenvalue weighted by atomic mass is 10.1. The fourth-order valence-electron chi connectivity index (χ4n) is 2.14. The Kier molecular flexibility index (Phi) is 6.65. The molecule has 0 aliphatic carbocycles. The second-order valence-electron chi connectivity index (χ2n) is 5.20. The van der Waals surface area contributed by atoms with Crippen molar-refractivity contribution in [3.63, 3.8) is 0 Å². The Morgan fingerprint density at radius 3 is 2.35 bits per heavy atom. The SMILES string of the molecule is CCCC(C)N(C)S(=O)(=O)c1ccc(CCCN)cc1. The zero-order valence-electron chi connectivity index (χ0n) is 12.7. The van der Waals surface area contributed by atoms with E-state index in [1.165, 1.54) is 4.31 Å². The van der Waals surface area contributed by atoms with Crippen molar-refractivity contribution in [1.82, 2.24) is 4.31 Å². The van der Waals surface area contributed by atoms with Gasteiger partial charge in [-0.2, -0.15) is 4.31 Å². The molecule has 0 amide bonds. The van der Waals surface area contributed by atoms with E-state index in [2.05, 4.69) is 6.92 Å². The minimum absolute atomic E-state index is 0.0157. The van der Waals surface area contributed by atoms with Gasteiger partial charge >= 0.3 is 0 Å². The summed E-state index contributed by atoms with van der Waals surface area (Å²) in [4.78, 5) is 0.361. The number of sulfonamides is 1. The molecule has 1 rings (SSSR count). The highest BCUT2D eigenvalue weighted by atomic mass is 32.2. The van der Waals surface area contributed by atoms with Crippen LogP contribution in [0, 0.1) is 0 Å². The number of nitrogens with two attached hydrogens (primary N) is 1. The third-order valence-corrected chi connectivity index (χ3v) is 5.58. The molecule has 1 aromatic carbocycles. The highest BCUT2D eigenvalue weighted by molar-refractivity contribution is 7.89. The van der Waals surface area contributed by atoms with E-state index in [1.807, 2.05) is 19.1 Å². The van der Waals surface area contributed by atoms with E-state index in [1.54, 1.807) is 19.2 Å². The van der Waals surface area contributed by atoms with Crippen molar-refractivity contribution in [1.29, 1.82) is 0 Å². The van der Waals surface area contributed by atoms with Crippen LogP contribution in [-0.4, -0.2) is 32.4 Å². The Morgan fingerprint density at radius 2 is 1.85 bits per heavy atom. The Labute approximate surface area is 123 Å². The van der Waals surface area contributed by atoms with Crippen molar-refractivity contribution in [3.8, 4) is 0 Å². The summed E-state index contributed by atoms with van der Waals surface area (Å²) in [6.07, 6.45) is 3.64. The molecular weight excluding hydrogens is 272 g/mol. The number of aryl methyl sites for hydroxylation is 1. The largest absolute Gasteiger partial charge is 0.330 e. The van der Waals surface area contributed by atoms with Crippen molar-refractivity contribution in [2.45, 2.75) is 50.5 Å². The van der Waals surface area contributed by atoms with Crippen molar-refractivity contribution in [3.05, 3.63) is 29.8 Å². The third-order valence-electron chi connectivity index (χ3n) is 3.60. The Balaban J connectivity index is 2.87. The van der Waals surface area contributed by atoms with Gasteiger partial charge in [0.1, 0.15) is 0 Å². The maximum atomic E-state index is 12.5. The van der Waals surface area contributed by atoms with Gasteiger partial charge in [0.15, 0.2) is 0 Å². The minimum Gasteiger partial charge on any atom is -0.330 e. The van der Waals surface area contributed by atoms with Crippen LogP contribution in [0.3, 0.4) is 0 Å². The highest BCUT2D eigenvalue weighted by Gasteiger charge is 2.24. The van der Waals surface area contributed by atoms with E-state index in [0.29, 0.717) is 11.4 Å². The molecule has 0 heterocycles. The zero-order chi connectivity index (χ0) is 15.2. The molecule has 0 saturated heterocycles. The van der Waals surface area contributed by atoms with Gasteiger partial charge in [-0.15, -0.1) is 0 Å². The fraction of sp³-hybridized carbons (Fsp3) is 0.600. The molecule has 0 aromatic heterocycles. The summed E-state index contributed by atoms with van der Waals surface area (Å²) < 4.78 is 26.4. The van der Waals surface area contributed by atoms with E-state index in [9.17, 15) is 8.42 Å². The van der Waals surface area contributed by atoms with Crippen molar-refractivity contribution < 1.29 is 8.42 Å². The monoisotopic (exact) mass is 298 g/mol. The second kappa shape index (κ2) is 7.76. The molecule has 1 unspecified atom stereocenters.